The van der Waals surface area contributed by atoms with E-state index in [-0.39, 0.29) is 5.78 Å². The number of fused-ring (bicyclic) bond motifs is 1. The van der Waals surface area contributed by atoms with Gasteiger partial charge >= 0.3 is 6.18 Å². The number of carbonyl (C=O) groups excluding carboxylic acids is 1. The molecule has 4 aromatic carbocycles. The summed E-state index contributed by atoms with van der Waals surface area (Å²) in [4.78, 5) is 14.0. The number of ether oxygens (including phenoxy) is 2. The zero-order valence-corrected chi connectivity index (χ0v) is 24.7. The third-order valence-electron chi connectivity index (χ3n) is 7.04. The summed E-state index contributed by atoms with van der Waals surface area (Å²) in [5, 5.41) is 0.694. The molecule has 0 saturated carbocycles. The van der Waals surface area contributed by atoms with Crippen molar-refractivity contribution in [2.75, 3.05) is 0 Å². The first-order chi connectivity index (χ1) is 20.7. The van der Waals surface area contributed by atoms with Crippen molar-refractivity contribution in [3.63, 3.8) is 0 Å². The number of halogens is 3. The summed E-state index contributed by atoms with van der Waals surface area (Å²) < 4.78 is 52.8. The van der Waals surface area contributed by atoms with Crippen LogP contribution in [0.25, 0.3) is 16.2 Å². The topological polar surface area (TPSA) is 35.5 Å². The van der Waals surface area contributed by atoms with Crippen LogP contribution in [0.3, 0.4) is 0 Å². The standard InChI is InChI=1S/C36H31F3O3S/c1-3-10-30-29-17-16-28(36(37,38)39)20-34(29)43-35(30)31(40)18-15-27-19-24(2)32(41-22-25-11-6-4-7-12-25)21-33(27)42-23-26-13-8-5-9-14-26/h4-9,11-21H,3,10,22-23H2,1-2H3. The second-order valence-electron chi connectivity index (χ2n) is 10.3. The minimum atomic E-state index is -4.45. The summed E-state index contributed by atoms with van der Waals surface area (Å²) in [5.74, 6) is 0.973. The number of allylic oxidation sites excluding steroid dienone is 1. The van der Waals surface area contributed by atoms with Gasteiger partial charge in [0, 0.05) is 16.3 Å². The third kappa shape index (κ3) is 7.35. The molecule has 43 heavy (non-hydrogen) atoms. The lowest BCUT2D eigenvalue weighted by molar-refractivity contribution is -0.137. The van der Waals surface area contributed by atoms with Crippen LogP contribution in [0.2, 0.25) is 0 Å². The average molecular weight is 601 g/mol. The maximum atomic E-state index is 13.5. The van der Waals surface area contributed by atoms with Crippen molar-refractivity contribution in [3.8, 4) is 11.5 Å². The zero-order chi connectivity index (χ0) is 30.4. The number of hydrogen-bond donors (Lipinski definition) is 0. The highest BCUT2D eigenvalue weighted by atomic mass is 32.1. The average Bonchev–Trinajstić information content (AvgIpc) is 3.37. The van der Waals surface area contributed by atoms with E-state index in [0.717, 1.165) is 52.1 Å². The monoisotopic (exact) mass is 600 g/mol. The molecule has 0 aliphatic heterocycles. The van der Waals surface area contributed by atoms with Crippen molar-refractivity contribution in [1.29, 1.82) is 0 Å². The van der Waals surface area contributed by atoms with Crippen molar-refractivity contribution in [1.82, 2.24) is 0 Å². The molecule has 7 heteroatoms. The predicted octanol–water partition coefficient (Wildman–Crippen LogP) is 10.2. The Balaban J connectivity index is 1.45. The number of thiophene rings is 1. The van der Waals surface area contributed by atoms with Crippen LogP contribution in [0.5, 0.6) is 11.5 Å². The van der Waals surface area contributed by atoms with Gasteiger partial charge < -0.3 is 9.47 Å². The molecule has 0 aliphatic rings. The third-order valence-corrected chi connectivity index (χ3v) is 8.25. The fourth-order valence-electron chi connectivity index (χ4n) is 4.84. The summed E-state index contributed by atoms with van der Waals surface area (Å²) in [6, 6.07) is 27.1. The van der Waals surface area contributed by atoms with Crippen molar-refractivity contribution < 1.29 is 27.4 Å². The van der Waals surface area contributed by atoms with Gasteiger partial charge in [-0.1, -0.05) is 80.1 Å². The fraction of sp³-hybridized carbons (Fsp3) is 0.194. The fourth-order valence-corrected chi connectivity index (χ4v) is 6.05. The van der Waals surface area contributed by atoms with Gasteiger partial charge in [-0.15, -0.1) is 11.3 Å². The molecule has 0 aliphatic carbocycles. The molecule has 0 fully saturated rings. The Morgan fingerprint density at radius 3 is 2.07 bits per heavy atom. The van der Waals surface area contributed by atoms with Crippen molar-refractivity contribution in [3.05, 3.63) is 135 Å². The molecule has 0 unspecified atom stereocenters. The number of alkyl halides is 3. The Morgan fingerprint density at radius 1 is 0.837 bits per heavy atom. The van der Waals surface area contributed by atoms with Gasteiger partial charge in [0.2, 0.25) is 0 Å². The molecule has 0 N–H and O–H groups in total. The smallest absolute Gasteiger partial charge is 0.416 e. The Hall–Kier alpha value is -4.36. The van der Waals surface area contributed by atoms with Crippen LogP contribution in [-0.2, 0) is 25.8 Å². The minimum absolute atomic E-state index is 0.255. The number of rotatable bonds is 11. The molecule has 0 radical (unpaired) electrons. The largest absolute Gasteiger partial charge is 0.488 e. The molecule has 5 rings (SSSR count). The zero-order valence-electron chi connectivity index (χ0n) is 23.9. The first-order valence-electron chi connectivity index (χ1n) is 14.1. The predicted molar refractivity (Wildman–Crippen MR) is 167 cm³/mol. The Kier molecular flexibility index (Phi) is 9.31. The molecule has 1 heterocycles. The first-order valence-corrected chi connectivity index (χ1v) is 14.9. The summed E-state index contributed by atoms with van der Waals surface area (Å²) in [5.41, 5.74) is 3.68. The van der Waals surface area contributed by atoms with Crippen LogP contribution in [0.15, 0.2) is 97.1 Å². The summed E-state index contributed by atoms with van der Waals surface area (Å²) >= 11 is 1.11. The normalized spacial score (nSPS) is 11.7. The lowest BCUT2D eigenvalue weighted by Gasteiger charge is -2.15. The Bertz CT molecular complexity index is 1740. The lowest BCUT2D eigenvalue weighted by atomic mass is 10.0. The van der Waals surface area contributed by atoms with E-state index in [2.05, 4.69) is 0 Å². The lowest BCUT2D eigenvalue weighted by Crippen LogP contribution is -2.03. The van der Waals surface area contributed by atoms with Gasteiger partial charge in [-0.2, -0.15) is 13.2 Å². The van der Waals surface area contributed by atoms with Crippen LogP contribution in [0, 0.1) is 6.92 Å². The quantitative estimate of drug-likeness (QED) is 0.112. The number of hydrogen-bond acceptors (Lipinski definition) is 4. The van der Waals surface area contributed by atoms with Crippen molar-refractivity contribution in [2.24, 2.45) is 0 Å². The van der Waals surface area contributed by atoms with Crippen LogP contribution in [0.1, 0.15) is 56.4 Å². The van der Waals surface area contributed by atoms with Gasteiger partial charge in [0.1, 0.15) is 24.7 Å². The molecule has 0 spiro atoms. The minimum Gasteiger partial charge on any atom is -0.488 e. The van der Waals surface area contributed by atoms with Crippen molar-refractivity contribution >= 4 is 33.3 Å². The summed E-state index contributed by atoms with van der Waals surface area (Å²) in [7, 11) is 0. The molecule has 0 amide bonds. The van der Waals surface area contributed by atoms with E-state index in [1.807, 2.05) is 86.6 Å². The van der Waals surface area contributed by atoms with Crippen LogP contribution in [0.4, 0.5) is 13.2 Å². The van der Waals surface area contributed by atoms with E-state index in [1.54, 1.807) is 6.08 Å². The summed E-state index contributed by atoms with van der Waals surface area (Å²) in [6.45, 7) is 4.65. The van der Waals surface area contributed by atoms with Gasteiger partial charge in [-0.25, -0.2) is 0 Å². The van der Waals surface area contributed by atoms with E-state index in [4.69, 9.17) is 9.47 Å². The van der Waals surface area contributed by atoms with E-state index >= 15 is 0 Å². The van der Waals surface area contributed by atoms with Crippen LogP contribution < -0.4 is 9.47 Å². The van der Waals surface area contributed by atoms with Gasteiger partial charge in [0.15, 0.2) is 5.78 Å². The second kappa shape index (κ2) is 13.3. The molecule has 1 aromatic heterocycles. The Labute approximate surface area is 253 Å². The molecule has 5 aromatic rings. The molecule has 0 atom stereocenters. The number of aryl methyl sites for hydroxylation is 2. The second-order valence-corrected chi connectivity index (χ2v) is 11.3. The summed E-state index contributed by atoms with van der Waals surface area (Å²) in [6.07, 6.45) is 0.0927. The molecular formula is C36H31F3O3S. The molecule has 220 valence electrons. The van der Waals surface area contributed by atoms with Gasteiger partial charge in [-0.05, 0) is 71.3 Å². The van der Waals surface area contributed by atoms with E-state index in [9.17, 15) is 18.0 Å². The van der Waals surface area contributed by atoms with Gasteiger partial charge in [-0.3, -0.25) is 4.79 Å². The highest BCUT2D eigenvalue weighted by Gasteiger charge is 2.31. The van der Waals surface area contributed by atoms with Gasteiger partial charge in [0.25, 0.3) is 0 Å². The first kappa shape index (κ1) is 30.1. The number of benzene rings is 4. The molecule has 3 nitrogen and oxygen atoms in total. The van der Waals surface area contributed by atoms with E-state index in [0.29, 0.717) is 51.7 Å². The molecule has 0 saturated heterocycles. The SMILES string of the molecule is CCCc1c(C(=O)C=Cc2cc(C)c(OCc3ccccc3)cc2OCc2ccccc2)sc2cc(C(F)(F)F)ccc12. The van der Waals surface area contributed by atoms with Crippen LogP contribution in [-0.4, -0.2) is 5.78 Å². The number of carbonyl (C=O) groups is 1. The van der Waals surface area contributed by atoms with E-state index < -0.39 is 11.7 Å². The molecule has 0 bridgehead atoms. The Morgan fingerprint density at radius 2 is 1.47 bits per heavy atom. The number of ketones is 1. The van der Waals surface area contributed by atoms with Gasteiger partial charge in [0.05, 0.1) is 10.4 Å². The van der Waals surface area contributed by atoms with Crippen molar-refractivity contribution in [2.45, 2.75) is 46.1 Å². The highest BCUT2D eigenvalue weighted by molar-refractivity contribution is 7.21. The highest BCUT2D eigenvalue weighted by Crippen LogP contribution is 2.38. The molecular weight excluding hydrogens is 569 g/mol. The van der Waals surface area contributed by atoms with E-state index in [1.165, 1.54) is 12.1 Å². The van der Waals surface area contributed by atoms with Crippen LogP contribution >= 0.6 is 11.3 Å². The maximum absolute atomic E-state index is 13.5. The maximum Gasteiger partial charge on any atom is 0.416 e.